The number of fused-ring (bicyclic) bond motifs is 2. The zero-order valence-corrected chi connectivity index (χ0v) is 11.7. The van der Waals surface area contributed by atoms with Gasteiger partial charge < -0.3 is 20.3 Å². The van der Waals surface area contributed by atoms with E-state index in [2.05, 4.69) is 5.32 Å². The smallest absolute Gasteiger partial charge is 0.221 e. The van der Waals surface area contributed by atoms with E-state index in [1.807, 2.05) is 0 Å². The van der Waals surface area contributed by atoms with Crippen molar-refractivity contribution in [2.24, 2.45) is 0 Å². The summed E-state index contributed by atoms with van der Waals surface area (Å²) < 4.78 is 5.64. The van der Waals surface area contributed by atoms with Crippen molar-refractivity contribution >= 4 is 17.4 Å². The van der Waals surface area contributed by atoms with E-state index in [9.17, 15) is 19.8 Å². The number of hydrogen-bond acceptors (Lipinski definition) is 5. The van der Waals surface area contributed by atoms with Crippen LogP contribution in [0.1, 0.15) is 22.8 Å². The number of hydrogen-bond donors (Lipinski definition) is 3. The Bertz CT molecular complexity index is 797. The highest BCUT2D eigenvalue weighted by Crippen LogP contribution is 2.40. The van der Waals surface area contributed by atoms with Gasteiger partial charge in [-0.1, -0.05) is 0 Å². The first-order chi connectivity index (χ1) is 10.4. The standard InChI is InChI=1S/C16H13NO5/c1-8(18)17-10-2-3-14-9(4-10)5-12(20)16-13(21)6-11(19)7-15(16)22-14/h2-4,6-7,19,21H,5H2,1H3,(H,17,18). The van der Waals surface area contributed by atoms with Gasteiger partial charge in [0.05, 0.1) is 0 Å². The molecule has 0 spiro atoms. The van der Waals surface area contributed by atoms with Gasteiger partial charge in [-0.25, -0.2) is 0 Å². The molecule has 6 nitrogen and oxygen atoms in total. The van der Waals surface area contributed by atoms with E-state index >= 15 is 0 Å². The third-order valence-corrected chi connectivity index (χ3v) is 3.30. The number of aromatic hydroxyl groups is 2. The summed E-state index contributed by atoms with van der Waals surface area (Å²) >= 11 is 0. The molecular weight excluding hydrogens is 286 g/mol. The lowest BCUT2D eigenvalue weighted by Crippen LogP contribution is -2.07. The number of phenolic OH excluding ortho intramolecular Hbond substituents is 2. The number of carbonyl (C=O) groups excluding carboxylic acids is 2. The molecule has 3 rings (SSSR count). The minimum atomic E-state index is -0.328. The Morgan fingerprint density at radius 1 is 1.18 bits per heavy atom. The molecule has 0 aromatic heterocycles. The van der Waals surface area contributed by atoms with Gasteiger partial charge in [-0.2, -0.15) is 0 Å². The molecule has 2 aromatic carbocycles. The van der Waals surface area contributed by atoms with Crippen LogP contribution in [0.15, 0.2) is 30.3 Å². The molecule has 2 aromatic rings. The average molecular weight is 299 g/mol. The maximum Gasteiger partial charge on any atom is 0.221 e. The maximum absolute atomic E-state index is 12.3. The largest absolute Gasteiger partial charge is 0.508 e. The molecule has 0 saturated heterocycles. The molecule has 1 amide bonds. The highest BCUT2D eigenvalue weighted by Gasteiger charge is 2.25. The monoisotopic (exact) mass is 299 g/mol. The minimum absolute atomic E-state index is 0.0219. The first kappa shape index (κ1) is 13.9. The summed E-state index contributed by atoms with van der Waals surface area (Å²) in [5.41, 5.74) is 1.18. The second-order valence-corrected chi connectivity index (χ2v) is 5.04. The van der Waals surface area contributed by atoms with Crippen molar-refractivity contribution in [2.45, 2.75) is 13.3 Å². The third kappa shape index (κ3) is 2.46. The summed E-state index contributed by atoms with van der Waals surface area (Å²) in [7, 11) is 0. The highest BCUT2D eigenvalue weighted by molar-refractivity contribution is 6.04. The molecule has 0 unspecified atom stereocenters. The lowest BCUT2D eigenvalue weighted by Gasteiger charge is -2.10. The number of carbonyl (C=O) groups is 2. The first-order valence-corrected chi connectivity index (χ1v) is 6.61. The average Bonchev–Trinajstić information content (AvgIpc) is 2.53. The molecule has 1 heterocycles. The predicted octanol–water partition coefficient (Wildman–Crippen LogP) is 2.59. The van der Waals surface area contributed by atoms with Crippen LogP contribution in [0.3, 0.4) is 0 Å². The summed E-state index contributed by atoms with van der Waals surface area (Å²) in [5, 5.41) is 22.0. The van der Waals surface area contributed by atoms with Gasteiger partial charge in [-0.3, -0.25) is 9.59 Å². The van der Waals surface area contributed by atoms with Crippen molar-refractivity contribution in [1.29, 1.82) is 0 Å². The van der Waals surface area contributed by atoms with E-state index in [0.29, 0.717) is 17.0 Å². The molecule has 0 aliphatic carbocycles. The van der Waals surface area contributed by atoms with Crippen LogP contribution in [0, 0.1) is 0 Å². The third-order valence-electron chi connectivity index (χ3n) is 3.30. The number of rotatable bonds is 1. The summed E-state index contributed by atoms with van der Waals surface area (Å²) in [6, 6.07) is 7.31. The summed E-state index contributed by atoms with van der Waals surface area (Å²) in [5.74, 6) is -0.519. The maximum atomic E-state index is 12.3. The molecule has 22 heavy (non-hydrogen) atoms. The molecule has 1 aliphatic heterocycles. The number of ether oxygens (including phenoxy) is 1. The van der Waals surface area contributed by atoms with E-state index < -0.39 is 0 Å². The second-order valence-electron chi connectivity index (χ2n) is 5.04. The number of amides is 1. The van der Waals surface area contributed by atoms with Crippen LogP contribution < -0.4 is 10.1 Å². The topological polar surface area (TPSA) is 95.9 Å². The molecular formula is C16H13NO5. The van der Waals surface area contributed by atoms with Crippen LogP contribution in [-0.4, -0.2) is 21.9 Å². The number of anilines is 1. The first-order valence-electron chi connectivity index (χ1n) is 6.61. The minimum Gasteiger partial charge on any atom is -0.508 e. The molecule has 3 N–H and O–H groups in total. The molecule has 0 radical (unpaired) electrons. The zero-order valence-electron chi connectivity index (χ0n) is 11.7. The number of phenols is 2. The van der Waals surface area contributed by atoms with Gasteiger partial charge in [-0.15, -0.1) is 0 Å². The van der Waals surface area contributed by atoms with Crippen LogP contribution in [0.4, 0.5) is 5.69 Å². The molecule has 0 fully saturated rings. The fourth-order valence-electron chi connectivity index (χ4n) is 2.43. The van der Waals surface area contributed by atoms with Crippen molar-refractivity contribution < 1.29 is 24.5 Å². The van der Waals surface area contributed by atoms with Gasteiger partial charge in [0, 0.05) is 36.7 Å². The van der Waals surface area contributed by atoms with Crippen molar-refractivity contribution in [2.75, 3.05) is 5.32 Å². The van der Waals surface area contributed by atoms with E-state index in [-0.39, 0.29) is 40.9 Å². The SMILES string of the molecule is CC(=O)Nc1ccc2c(c1)CC(=O)c1c(O)cc(O)cc1O2. The van der Waals surface area contributed by atoms with Crippen molar-refractivity contribution in [1.82, 2.24) is 0 Å². The molecule has 112 valence electrons. The number of benzene rings is 2. The lowest BCUT2D eigenvalue weighted by atomic mass is 10.0. The summed E-state index contributed by atoms with van der Waals surface area (Å²) in [6.07, 6.45) is 0.0219. The van der Waals surface area contributed by atoms with Gasteiger partial charge in [0.15, 0.2) is 5.78 Å². The van der Waals surface area contributed by atoms with Crippen molar-refractivity contribution in [3.05, 3.63) is 41.5 Å². The Hall–Kier alpha value is -3.02. The molecule has 0 bridgehead atoms. The second kappa shape index (κ2) is 5.07. The Labute approximate surface area is 126 Å². The van der Waals surface area contributed by atoms with E-state index in [1.165, 1.54) is 13.0 Å². The van der Waals surface area contributed by atoms with Crippen molar-refractivity contribution in [3.8, 4) is 23.0 Å². The molecule has 1 aliphatic rings. The van der Waals surface area contributed by atoms with Crippen LogP contribution in [0.2, 0.25) is 0 Å². The van der Waals surface area contributed by atoms with Crippen LogP contribution >= 0.6 is 0 Å². The van der Waals surface area contributed by atoms with Crippen molar-refractivity contribution in [3.63, 3.8) is 0 Å². The van der Waals surface area contributed by atoms with Gasteiger partial charge in [-0.05, 0) is 18.2 Å². The molecule has 6 heteroatoms. The van der Waals surface area contributed by atoms with E-state index in [1.54, 1.807) is 18.2 Å². The summed E-state index contributed by atoms with van der Waals surface area (Å²) in [6.45, 7) is 1.39. The van der Waals surface area contributed by atoms with Crippen LogP contribution in [0.5, 0.6) is 23.0 Å². The molecule has 0 atom stereocenters. The normalized spacial score (nSPS) is 12.7. The lowest BCUT2D eigenvalue weighted by molar-refractivity contribution is -0.114. The van der Waals surface area contributed by atoms with E-state index in [0.717, 1.165) is 6.07 Å². The Morgan fingerprint density at radius 2 is 1.95 bits per heavy atom. The van der Waals surface area contributed by atoms with Gasteiger partial charge in [0.2, 0.25) is 5.91 Å². The summed E-state index contributed by atoms with van der Waals surface area (Å²) in [4.78, 5) is 23.4. The Morgan fingerprint density at radius 3 is 2.68 bits per heavy atom. The zero-order chi connectivity index (χ0) is 15.9. The van der Waals surface area contributed by atoms with Gasteiger partial charge in [0.25, 0.3) is 0 Å². The Balaban J connectivity index is 2.07. The van der Waals surface area contributed by atoms with Crippen LogP contribution in [0.25, 0.3) is 0 Å². The predicted molar refractivity (Wildman–Crippen MR) is 78.6 cm³/mol. The number of nitrogens with one attached hydrogen (secondary N) is 1. The fraction of sp³-hybridized carbons (Fsp3) is 0.125. The molecule has 0 saturated carbocycles. The quantitative estimate of drug-likeness (QED) is 0.752. The Kier molecular flexibility index (Phi) is 3.21. The van der Waals surface area contributed by atoms with E-state index in [4.69, 9.17) is 4.74 Å². The van der Waals surface area contributed by atoms with Gasteiger partial charge in [0.1, 0.15) is 28.6 Å². The number of Topliss-reactive ketones (excluding diaryl/α,β-unsaturated/α-hetero) is 1. The highest BCUT2D eigenvalue weighted by atomic mass is 16.5. The number of ketones is 1. The fourth-order valence-corrected chi connectivity index (χ4v) is 2.43. The van der Waals surface area contributed by atoms with Gasteiger partial charge >= 0.3 is 0 Å². The van der Waals surface area contributed by atoms with Crippen LogP contribution in [-0.2, 0) is 11.2 Å².